The lowest BCUT2D eigenvalue weighted by atomic mass is 9.92. The molecule has 2 heterocycles. The van der Waals surface area contributed by atoms with E-state index < -0.39 is 17.5 Å². The van der Waals surface area contributed by atoms with Crippen LogP contribution in [0.25, 0.3) is 0 Å². The molecule has 7 nitrogen and oxygen atoms in total. The molecule has 1 aliphatic rings. The maximum atomic E-state index is 12.7. The zero-order chi connectivity index (χ0) is 17.2. The van der Waals surface area contributed by atoms with Crippen molar-refractivity contribution in [2.45, 2.75) is 12.5 Å². The lowest BCUT2D eigenvalue weighted by Crippen LogP contribution is -2.40. The van der Waals surface area contributed by atoms with Crippen molar-refractivity contribution in [2.75, 3.05) is 7.11 Å². The summed E-state index contributed by atoms with van der Waals surface area (Å²) in [6.45, 7) is 1.65. The average molecular weight is 324 g/mol. The Labute approximate surface area is 139 Å². The van der Waals surface area contributed by atoms with Crippen molar-refractivity contribution < 1.29 is 14.3 Å². The molecule has 0 bridgehead atoms. The number of imide groups is 1. The molecule has 7 heteroatoms. The quantitative estimate of drug-likeness (QED) is 0.687. The van der Waals surface area contributed by atoms with Crippen LogP contribution in [0.1, 0.15) is 18.1 Å². The summed E-state index contributed by atoms with van der Waals surface area (Å²) in [5, 5.41) is 7.53. The highest BCUT2D eigenvalue weighted by molar-refractivity contribution is 6.07. The van der Waals surface area contributed by atoms with Crippen LogP contribution in [0.2, 0.25) is 0 Å². The standard InChI is InChI=1S/C17H16N4O3/c1-17(13-3-5-14(24-2)6-4-13)15(22)21(16(23)20-17)19-11-12-7-9-18-10-8-12/h3-11H,1-2H3,(H,20,23). The Morgan fingerprint density at radius 2 is 1.83 bits per heavy atom. The molecule has 1 aromatic heterocycles. The fourth-order valence-corrected chi connectivity index (χ4v) is 2.42. The number of nitrogens with one attached hydrogen (secondary N) is 1. The first kappa shape index (κ1) is 15.7. The molecule has 2 aromatic rings. The number of carbonyl (C=O) groups is 2. The number of methoxy groups -OCH3 is 1. The Hall–Kier alpha value is -3.22. The second-order valence-corrected chi connectivity index (χ2v) is 5.43. The van der Waals surface area contributed by atoms with E-state index in [0.717, 1.165) is 10.6 Å². The number of urea groups is 1. The third-order valence-corrected chi connectivity index (χ3v) is 3.87. The van der Waals surface area contributed by atoms with Gasteiger partial charge in [0.05, 0.1) is 13.3 Å². The van der Waals surface area contributed by atoms with E-state index in [4.69, 9.17) is 4.74 Å². The van der Waals surface area contributed by atoms with Crippen molar-refractivity contribution in [1.29, 1.82) is 0 Å². The molecule has 1 fully saturated rings. The summed E-state index contributed by atoms with van der Waals surface area (Å²) >= 11 is 0. The molecule has 0 spiro atoms. The zero-order valence-electron chi connectivity index (χ0n) is 13.3. The van der Waals surface area contributed by atoms with Crippen LogP contribution in [-0.4, -0.2) is 35.3 Å². The maximum absolute atomic E-state index is 12.7. The van der Waals surface area contributed by atoms with E-state index in [-0.39, 0.29) is 0 Å². The topological polar surface area (TPSA) is 83.9 Å². The van der Waals surface area contributed by atoms with Crippen LogP contribution in [0.4, 0.5) is 4.79 Å². The van der Waals surface area contributed by atoms with Crippen LogP contribution < -0.4 is 10.1 Å². The summed E-state index contributed by atoms with van der Waals surface area (Å²) in [4.78, 5) is 28.8. The fraction of sp³-hybridized carbons (Fsp3) is 0.176. The molecule has 1 unspecified atom stereocenters. The summed E-state index contributed by atoms with van der Waals surface area (Å²) < 4.78 is 5.11. The number of hydrazone groups is 1. The highest BCUT2D eigenvalue weighted by Crippen LogP contribution is 2.30. The minimum absolute atomic E-state index is 0.442. The fourth-order valence-electron chi connectivity index (χ4n) is 2.42. The Morgan fingerprint density at radius 1 is 1.17 bits per heavy atom. The molecule has 0 radical (unpaired) electrons. The summed E-state index contributed by atoms with van der Waals surface area (Å²) in [6, 6.07) is 9.85. The molecule has 3 amide bonds. The Kier molecular flexibility index (Phi) is 3.99. The first-order valence-electron chi connectivity index (χ1n) is 7.30. The molecule has 1 N–H and O–H groups in total. The Balaban J connectivity index is 1.86. The van der Waals surface area contributed by atoms with Gasteiger partial charge in [-0.25, -0.2) is 4.79 Å². The molecule has 3 rings (SSSR count). The zero-order valence-corrected chi connectivity index (χ0v) is 13.3. The number of ether oxygens (including phenoxy) is 1. The van der Waals surface area contributed by atoms with Gasteiger partial charge < -0.3 is 10.1 Å². The SMILES string of the molecule is COc1ccc(C2(C)NC(=O)N(N=Cc3ccncc3)C2=O)cc1. The van der Waals surface area contributed by atoms with Gasteiger partial charge in [0, 0.05) is 12.4 Å². The number of rotatable bonds is 4. The smallest absolute Gasteiger partial charge is 0.346 e. The van der Waals surface area contributed by atoms with Crippen LogP contribution in [0.5, 0.6) is 5.75 Å². The minimum Gasteiger partial charge on any atom is -0.497 e. The molecule has 1 aliphatic heterocycles. The molecular formula is C17H16N4O3. The number of hydrogen-bond acceptors (Lipinski definition) is 5. The van der Waals surface area contributed by atoms with Gasteiger partial charge in [-0.2, -0.15) is 5.10 Å². The van der Waals surface area contributed by atoms with Gasteiger partial charge in [-0.1, -0.05) is 12.1 Å². The lowest BCUT2D eigenvalue weighted by Gasteiger charge is -2.21. The number of hydrogen-bond donors (Lipinski definition) is 1. The molecule has 0 saturated carbocycles. The summed E-state index contributed by atoms with van der Waals surface area (Å²) in [5.41, 5.74) is 0.228. The van der Waals surface area contributed by atoms with Crippen molar-refractivity contribution in [3.05, 3.63) is 59.9 Å². The van der Waals surface area contributed by atoms with Crippen molar-refractivity contribution in [3.8, 4) is 5.75 Å². The highest BCUT2D eigenvalue weighted by atomic mass is 16.5. The van der Waals surface area contributed by atoms with E-state index in [2.05, 4.69) is 15.4 Å². The molecule has 24 heavy (non-hydrogen) atoms. The van der Waals surface area contributed by atoms with Gasteiger partial charge in [0.1, 0.15) is 11.3 Å². The minimum atomic E-state index is -1.17. The van der Waals surface area contributed by atoms with Crippen molar-refractivity contribution in [1.82, 2.24) is 15.3 Å². The van der Waals surface area contributed by atoms with Gasteiger partial charge in [0.2, 0.25) is 0 Å². The van der Waals surface area contributed by atoms with Crippen LogP contribution in [0, 0.1) is 0 Å². The number of aromatic nitrogens is 1. The van der Waals surface area contributed by atoms with E-state index in [0.29, 0.717) is 11.3 Å². The number of pyridine rings is 1. The van der Waals surface area contributed by atoms with Gasteiger partial charge in [-0.15, -0.1) is 5.01 Å². The van der Waals surface area contributed by atoms with Crippen LogP contribution >= 0.6 is 0 Å². The second-order valence-electron chi connectivity index (χ2n) is 5.43. The number of nitrogens with zero attached hydrogens (tertiary/aromatic N) is 3. The van der Waals surface area contributed by atoms with Crippen LogP contribution in [0.3, 0.4) is 0 Å². The highest BCUT2D eigenvalue weighted by Gasteiger charge is 2.49. The van der Waals surface area contributed by atoms with Gasteiger partial charge in [-0.05, 0) is 42.3 Å². The van der Waals surface area contributed by atoms with E-state index >= 15 is 0 Å². The first-order chi connectivity index (χ1) is 11.5. The van der Waals surface area contributed by atoms with Gasteiger partial charge in [0.15, 0.2) is 0 Å². The summed E-state index contributed by atoms with van der Waals surface area (Å²) in [6.07, 6.45) is 4.66. The van der Waals surface area contributed by atoms with Crippen molar-refractivity contribution >= 4 is 18.2 Å². The average Bonchev–Trinajstić information content (AvgIpc) is 2.84. The molecule has 1 aromatic carbocycles. The lowest BCUT2D eigenvalue weighted by molar-refractivity contribution is -0.131. The van der Waals surface area contributed by atoms with Crippen molar-refractivity contribution in [2.24, 2.45) is 5.10 Å². The molecule has 122 valence electrons. The Bertz CT molecular complexity index is 789. The van der Waals surface area contributed by atoms with Crippen molar-refractivity contribution in [3.63, 3.8) is 0 Å². The van der Waals surface area contributed by atoms with E-state index in [1.165, 1.54) is 6.21 Å². The van der Waals surface area contributed by atoms with Gasteiger partial charge in [0.25, 0.3) is 5.91 Å². The monoisotopic (exact) mass is 324 g/mol. The predicted octanol–water partition coefficient (Wildman–Crippen LogP) is 1.89. The number of amides is 3. The normalized spacial score (nSPS) is 20.5. The Morgan fingerprint density at radius 3 is 2.46 bits per heavy atom. The summed E-state index contributed by atoms with van der Waals surface area (Å²) in [5.74, 6) is 0.231. The van der Waals surface area contributed by atoms with Gasteiger partial charge >= 0.3 is 6.03 Å². The summed E-state index contributed by atoms with van der Waals surface area (Å²) in [7, 11) is 1.56. The van der Waals surface area contributed by atoms with E-state index in [1.54, 1.807) is 62.8 Å². The molecular weight excluding hydrogens is 308 g/mol. The van der Waals surface area contributed by atoms with E-state index in [9.17, 15) is 9.59 Å². The molecule has 0 aliphatic carbocycles. The second kappa shape index (κ2) is 6.11. The molecule has 1 atom stereocenters. The van der Waals surface area contributed by atoms with Crippen LogP contribution in [0.15, 0.2) is 53.9 Å². The third kappa shape index (κ3) is 2.71. The van der Waals surface area contributed by atoms with Crippen LogP contribution in [-0.2, 0) is 10.3 Å². The maximum Gasteiger partial charge on any atom is 0.346 e. The first-order valence-corrected chi connectivity index (χ1v) is 7.30. The predicted molar refractivity (Wildman–Crippen MR) is 87.6 cm³/mol. The third-order valence-electron chi connectivity index (χ3n) is 3.87. The van der Waals surface area contributed by atoms with E-state index in [1.807, 2.05) is 0 Å². The largest absolute Gasteiger partial charge is 0.497 e. The number of benzene rings is 1. The molecule has 1 saturated heterocycles. The van der Waals surface area contributed by atoms with Gasteiger partial charge in [-0.3, -0.25) is 9.78 Å². The number of carbonyl (C=O) groups excluding carboxylic acids is 2.